The van der Waals surface area contributed by atoms with E-state index in [9.17, 15) is 9.59 Å². The Bertz CT molecular complexity index is 428. The predicted octanol–water partition coefficient (Wildman–Crippen LogP) is 1.09. The van der Waals surface area contributed by atoms with Crippen LogP contribution >= 0.6 is 0 Å². The molecular weight excluding hydrogens is 208 g/mol. The van der Waals surface area contributed by atoms with Gasteiger partial charge in [0.15, 0.2) is 0 Å². The zero-order chi connectivity index (χ0) is 11.4. The Hall–Kier alpha value is -2.30. The van der Waals surface area contributed by atoms with Crippen molar-refractivity contribution in [2.75, 3.05) is 6.54 Å². The minimum absolute atomic E-state index is 0.0256. The molecule has 0 saturated carbocycles. The average molecular weight is 218 g/mol. The van der Waals surface area contributed by atoms with Crippen molar-refractivity contribution in [3.8, 4) is 5.75 Å². The fourth-order valence-electron chi connectivity index (χ4n) is 1.25. The summed E-state index contributed by atoms with van der Waals surface area (Å²) in [6.45, 7) is -0.0256. The Balaban J connectivity index is 2.01. The molecule has 1 aliphatic rings. The lowest BCUT2D eigenvalue weighted by atomic mass is 10.3. The summed E-state index contributed by atoms with van der Waals surface area (Å²) in [5.74, 6) is 0.208. The molecule has 2 rings (SSSR count). The molecule has 5 heteroatoms. The molecule has 0 saturated heterocycles. The summed E-state index contributed by atoms with van der Waals surface area (Å²) in [6.07, 6.45) is 2.29. The third-order valence-corrected chi connectivity index (χ3v) is 2.00. The second kappa shape index (κ2) is 4.48. The quantitative estimate of drug-likeness (QED) is 0.767. The third kappa shape index (κ3) is 2.38. The van der Waals surface area contributed by atoms with Crippen molar-refractivity contribution in [3.05, 3.63) is 42.7 Å². The van der Waals surface area contributed by atoms with Crippen molar-refractivity contribution in [2.24, 2.45) is 0 Å². The van der Waals surface area contributed by atoms with Crippen LogP contribution in [0.25, 0.3) is 0 Å². The van der Waals surface area contributed by atoms with Crippen molar-refractivity contribution in [1.82, 2.24) is 10.2 Å². The first-order chi connectivity index (χ1) is 7.75. The molecule has 5 nitrogen and oxygen atoms in total. The minimum Gasteiger partial charge on any atom is -0.410 e. The Kier molecular flexibility index (Phi) is 2.86. The van der Waals surface area contributed by atoms with Gasteiger partial charge in [-0.1, -0.05) is 18.2 Å². The highest BCUT2D eigenvalue weighted by Gasteiger charge is 2.19. The largest absolute Gasteiger partial charge is 0.419 e. The van der Waals surface area contributed by atoms with Crippen LogP contribution < -0.4 is 10.1 Å². The topological polar surface area (TPSA) is 58.6 Å². The normalized spacial score (nSPS) is 14.5. The monoisotopic (exact) mass is 218 g/mol. The van der Waals surface area contributed by atoms with Crippen molar-refractivity contribution in [3.63, 3.8) is 0 Å². The predicted molar refractivity (Wildman–Crippen MR) is 56.5 cm³/mol. The van der Waals surface area contributed by atoms with Crippen LogP contribution in [0.4, 0.5) is 4.79 Å². The number of hydrogen-bond donors (Lipinski definition) is 1. The van der Waals surface area contributed by atoms with Gasteiger partial charge in [-0.2, -0.15) is 0 Å². The van der Waals surface area contributed by atoms with Crippen molar-refractivity contribution in [1.29, 1.82) is 0 Å². The molecule has 1 N–H and O–H groups in total. The highest BCUT2D eigenvalue weighted by atomic mass is 16.6. The van der Waals surface area contributed by atoms with Gasteiger partial charge in [0.05, 0.1) is 0 Å². The van der Waals surface area contributed by atoms with E-state index in [4.69, 9.17) is 4.74 Å². The van der Waals surface area contributed by atoms with E-state index < -0.39 is 6.09 Å². The van der Waals surface area contributed by atoms with E-state index in [2.05, 4.69) is 5.32 Å². The molecule has 0 radical (unpaired) electrons. The van der Waals surface area contributed by atoms with Crippen LogP contribution in [0.3, 0.4) is 0 Å². The van der Waals surface area contributed by atoms with Gasteiger partial charge in [0.2, 0.25) is 5.91 Å². The molecule has 1 aromatic carbocycles. The molecule has 82 valence electrons. The summed E-state index contributed by atoms with van der Waals surface area (Å²) in [7, 11) is 0. The van der Waals surface area contributed by atoms with Crippen LogP contribution in [0.1, 0.15) is 0 Å². The second-order valence-corrected chi connectivity index (χ2v) is 3.19. The lowest BCUT2D eigenvalue weighted by Gasteiger charge is -2.20. The van der Waals surface area contributed by atoms with E-state index in [0.29, 0.717) is 5.75 Å². The molecule has 0 atom stereocenters. The Morgan fingerprint density at radius 2 is 2.06 bits per heavy atom. The van der Waals surface area contributed by atoms with Gasteiger partial charge in [0.25, 0.3) is 0 Å². The van der Waals surface area contributed by atoms with Crippen molar-refractivity contribution in [2.45, 2.75) is 0 Å². The van der Waals surface area contributed by atoms with Gasteiger partial charge < -0.3 is 10.1 Å². The highest BCUT2D eigenvalue weighted by molar-refractivity contribution is 5.85. The Labute approximate surface area is 92.3 Å². The van der Waals surface area contributed by atoms with Gasteiger partial charge in [-0.3, -0.25) is 9.69 Å². The van der Waals surface area contributed by atoms with Crippen LogP contribution in [0.2, 0.25) is 0 Å². The molecule has 0 fully saturated rings. The number of rotatable bonds is 1. The van der Waals surface area contributed by atoms with Gasteiger partial charge in [-0.25, -0.2) is 4.79 Å². The molecule has 0 spiro atoms. The minimum atomic E-state index is -0.572. The van der Waals surface area contributed by atoms with Crippen LogP contribution in [0.15, 0.2) is 42.7 Å². The van der Waals surface area contributed by atoms with E-state index in [-0.39, 0.29) is 12.5 Å². The molecule has 0 aliphatic carbocycles. The summed E-state index contributed by atoms with van der Waals surface area (Å²) in [6, 6.07) is 8.70. The van der Waals surface area contributed by atoms with Gasteiger partial charge in [-0.05, 0) is 12.1 Å². The SMILES string of the molecule is O=C1CN(C(=O)Oc2ccccc2)C=CN1. The molecule has 1 aliphatic heterocycles. The number of benzene rings is 1. The van der Waals surface area contributed by atoms with Gasteiger partial charge in [0, 0.05) is 12.4 Å². The van der Waals surface area contributed by atoms with Gasteiger partial charge in [-0.15, -0.1) is 0 Å². The van der Waals surface area contributed by atoms with Gasteiger partial charge >= 0.3 is 6.09 Å². The van der Waals surface area contributed by atoms with Crippen LogP contribution in [0, 0.1) is 0 Å². The molecule has 1 aromatic rings. The molecule has 0 bridgehead atoms. The zero-order valence-electron chi connectivity index (χ0n) is 8.42. The molecule has 16 heavy (non-hydrogen) atoms. The fraction of sp³-hybridized carbons (Fsp3) is 0.0909. The molecule has 1 heterocycles. The van der Waals surface area contributed by atoms with Crippen LogP contribution in [-0.4, -0.2) is 23.4 Å². The number of ether oxygens (including phenoxy) is 1. The first kappa shape index (κ1) is 10.2. The number of hydrogen-bond acceptors (Lipinski definition) is 3. The Morgan fingerprint density at radius 3 is 2.75 bits per heavy atom. The molecule has 2 amide bonds. The molecular formula is C11H10N2O3. The number of carbonyl (C=O) groups is 2. The number of amides is 2. The highest BCUT2D eigenvalue weighted by Crippen LogP contribution is 2.10. The van der Waals surface area contributed by atoms with Crippen molar-refractivity contribution >= 4 is 12.0 Å². The number of nitrogens with zero attached hydrogens (tertiary/aromatic N) is 1. The Morgan fingerprint density at radius 1 is 1.31 bits per heavy atom. The van der Waals surface area contributed by atoms with Crippen molar-refractivity contribution < 1.29 is 14.3 Å². The first-order valence-corrected chi connectivity index (χ1v) is 4.75. The number of para-hydroxylation sites is 1. The maximum absolute atomic E-state index is 11.6. The fourth-order valence-corrected chi connectivity index (χ4v) is 1.25. The first-order valence-electron chi connectivity index (χ1n) is 4.75. The standard InChI is InChI=1S/C11H10N2O3/c14-10-8-13(7-6-12-10)11(15)16-9-4-2-1-3-5-9/h1-7H,8H2,(H,12,14). The van der Waals surface area contributed by atoms with Gasteiger partial charge in [0.1, 0.15) is 12.3 Å². The molecule has 0 unspecified atom stereocenters. The summed E-state index contributed by atoms with van der Waals surface area (Å²) in [5.41, 5.74) is 0. The summed E-state index contributed by atoms with van der Waals surface area (Å²) >= 11 is 0. The third-order valence-electron chi connectivity index (χ3n) is 2.00. The summed E-state index contributed by atoms with van der Waals surface area (Å²) in [4.78, 5) is 23.8. The summed E-state index contributed by atoms with van der Waals surface area (Å²) in [5, 5.41) is 2.46. The second-order valence-electron chi connectivity index (χ2n) is 3.19. The zero-order valence-corrected chi connectivity index (χ0v) is 8.42. The average Bonchev–Trinajstić information content (AvgIpc) is 2.30. The summed E-state index contributed by atoms with van der Waals surface area (Å²) < 4.78 is 5.06. The lowest BCUT2D eigenvalue weighted by Crippen LogP contribution is -2.41. The molecule has 0 aromatic heterocycles. The van der Waals surface area contributed by atoms with E-state index in [1.165, 1.54) is 17.3 Å². The smallest absolute Gasteiger partial charge is 0.410 e. The maximum atomic E-state index is 11.6. The number of carbonyl (C=O) groups excluding carboxylic acids is 2. The van der Waals surface area contributed by atoms with E-state index >= 15 is 0 Å². The van der Waals surface area contributed by atoms with Crippen LogP contribution in [-0.2, 0) is 4.79 Å². The van der Waals surface area contributed by atoms with E-state index in [1.54, 1.807) is 24.3 Å². The maximum Gasteiger partial charge on any atom is 0.419 e. The number of nitrogens with one attached hydrogen (secondary N) is 1. The lowest BCUT2D eigenvalue weighted by molar-refractivity contribution is -0.121. The van der Waals surface area contributed by atoms with E-state index in [1.807, 2.05) is 6.07 Å². The van der Waals surface area contributed by atoms with E-state index in [0.717, 1.165) is 0 Å². The van der Waals surface area contributed by atoms with Crippen LogP contribution in [0.5, 0.6) is 5.75 Å².